The van der Waals surface area contributed by atoms with Crippen molar-refractivity contribution in [2.45, 2.75) is 11.8 Å². The van der Waals surface area contributed by atoms with Gasteiger partial charge >= 0.3 is 0 Å². The Morgan fingerprint density at radius 2 is 1.85 bits per heavy atom. The second-order valence-electron chi connectivity index (χ2n) is 5.89. The molecular formula is C21H14N3O2-. The summed E-state index contributed by atoms with van der Waals surface area (Å²) in [6.45, 7) is 0. The first-order valence-corrected chi connectivity index (χ1v) is 7.96. The topological polar surface area (TPSA) is 92.3 Å². The van der Waals surface area contributed by atoms with E-state index in [1.54, 1.807) is 42.3 Å². The molecule has 0 aliphatic carbocycles. The number of amides is 1. The van der Waals surface area contributed by atoms with Crippen molar-refractivity contribution in [3.63, 3.8) is 0 Å². The summed E-state index contributed by atoms with van der Waals surface area (Å²) in [6.07, 6.45) is 2.74. The quantitative estimate of drug-likeness (QED) is 0.514. The molecule has 0 saturated carbocycles. The summed E-state index contributed by atoms with van der Waals surface area (Å²) >= 11 is 0. The van der Waals surface area contributed by atoms with Crippen molar-refractivity contribution in [1.82, 2.24) is 0 Å². The first-order valence-electron chi connectivity index (χ1n) is 7.96. The van der Waals surface area contributed by atoms with Crippen molar-refractivity contribution in [2.75, 3.05) is 5.32 Å². The Balaban J connectivity index is 2.01. The molecule has 1 aliphatic heterocycles. The fourth-order valence-corrected chi connectivity index (χ4v) is 3.12. The van der Waals surface area contributed by atoms with Crippen LogP contribution in [0.3, 0.4) is 0 Å². The van der Waals surface area contributed by atoms with Gasteiger partial charge in [0.15, 0.2) is 5.78 Å². The molecule has 0 radical (unpaired) electrons. The average Bonchev–Trinajstić information content (AvgIpc) is 2.94. The van der Waals surface area contributed by atoms with E-state index >= 15 is 0 Å². The standard InChI is InChI=1S/C21H14N3O2/c22-13-16(14-23)21(18-8-4-5-9-19(18)24-20(21)26)12-17(25)11-10-15-6-2-1-3-7-15/h1-11H,12H2,(H,24,26)/q-1/b11-10+. The van der Waals surface area contributed by atoms with Gasteiger partial charge in [-0.3, -0.25) is 15.5 Å². The SMILES string of the molecule is N#CC(=C=[N-])C1(CC(=O)/C=C/c2ccccc2)C(=O)Nc2ccccc21. The molecule has 2 aromatic rings. The van der Waals surface area contributed by atoms with E-state index in [0.717, 1.165) is 5.56 Å². The van der Waals surface area contributed by atoms with E-state index in [9.17, 15) is 20.3 Å². The van der Waals surface area contributed by atoms with Gasteiger partial charge in [0.25, 0.3) is 0 Å². The summed E-state index contributed by atoms with van der Waals surface area (Å²) in [7, 11) is 0. The van der Waals surface area contributed by atoms with E-state index in [2.05, 4.69) is 5.32 Å². The van der Waals surface area contributed by atoms with Crippen molar-refractivity contribution >= 4 is 29.3 Å². The Labute approximate surface area is 150 Å². The smallest absolute Gasteiger partial charge is 0.241 e. The number of nitrogens with one attached hydrogen (secondary N) is 1. The van der Waals surface area contributed by atoms with E-state index in [1.165, 1.54) is 6.08 Å². The predicted molar refractivity (Wildman–Crippen MR) is 99.3 cm³/mol. The van der Waals surface area contributed by atoms with Crippen LogP contribution in [0.15, 0.2) is 66.2 Å². The van der Waals surface area contributed by atoms with Crippen LogP contribution in [-0.4, -0.2) is 17.6 Å². The van der Waals surface area contributed by atoms with E-state index in [0.29, 0.717) is 11.3 Å². The van der Waals surface area contributed by atoms with E-state index < -0.39 is 11.3 Å². The van der Waals surface area contributed by atoms with Gasteiger partial charge in [0, 0.05) is 12.1 Å². The van der Waals surface area contributed by atoms with Crippen LogP contribution in [0, 0.1) is 11.3 Å². The number of rotatable bonds is 5. The molecule has 1 amide bonds. The Morgan fingerprint density at radius 1 is 1.15 bits per heavy atom. The Hall–Kier alpha value is -3.74. The number of para-hydroxylation sites is 1. The van der Waals surface area contributed by atoms with Crippen LogP contribution in [-0.2, 0) is 15.0 Å². The van der Waals surface area contributed by atoms with E-state index in [1.807, 2.05) is 30.3 Å². The van der Waals surface area contributed by atoms with Crippen LogP contribution in [0.2, 0.25) is 0 Å². The molecule has 126 valence electrons. The minimum Gasteiger partial charge on any atom is -0.762 e. The van der Waals surface area contributed by atoms with Crippen LogP contribution in [0.1, 0.15) is 17.5 Å². The second kappa shape index (κ2) is 7.02. The van der Waals surface area contributed by atoms with Gasteiger partial charge in [-0.2, -0.15) is 5.26 Å². The lowest BCUT2D eigenvalue weighted by atomic mass is 9.72. The van der Waals surface area contributed by atoms with Gasteiger partial charge in [0.2, 0.25) is 5.91 Å². The fraction of sp³-hybridized carbons (Fsp3) is 0.0952. The Kier molecular flexibility index (Phi) is 4.62. The zero-order valence-corrected chi connectivity index (χ0v) is 13.8. The van der Waals surface area contributed by atoms with E-state index in [-0.39, 0.29) is 17.8 Å². The molecule has 5 heteroatoms. The van der Waals surface area contributed by atoms with Crippen molar-refractivity contribution < 1.29 is 9.59 Å². The van der Waals surface area contributed by atoms with Crippen LogP contribution in [0.4, 0.5) is 5.69 Å². The van der Waals surface area contributed by atoms with Gasteiger partial charge in [-0.25, -0.2) is 0 Å². The number of nitriles is 1. The normalized spacial score (nSPS) is 17.9. The summed E-state index contributed by atoms with van der Waals surface area (Å²) in [5, 5.41) is 21.5. The lowest BCUT2D eigenvalue weighted by Crippen LogP contribution is -2.38. The number of benzene rings is 2. The third-order valence-electron chi connectivity index (χ3n) is 4.37. The molecule has 1 aliphatic rings. The number of hydrogen-bond donors (Lipinski definition) is 1. The Bertz CT molecular complexity index is 995. The predicted octanol–water partition coefficient (Wildman–Crippen LogP) is 3.24. The molecule has 1 atom stereocenters. The summed E-state index contributed by atoms with van der Waals surface area (Å²) in [6, 6.07) is 17.9. The molecule has 1 heterocycles. The third kappa shape index (κ3) is 2.86. The van der Waals surface area contributed by atoms with Crippen molar-refractivity contribution in [3.8, 4) is 6.07 Å². The molecule has 3 rings (SSSR count). The maximum atomic E-state index is 12.7. The number of nitrogens with zero attached hydrogens (tertiary/aromatic N) is 2. The summed E-state index contributed by atoms with van der Waals surface area (Å²) in [4.78, 5) is 25.3. The van der Waals surface area contributed by atoms with Crippen LogP contribution < -0.4 is 5.32 Å². The highest BCUT2D eigenvalue weighted by atomic mass is 16.2. The zero-order valence-electron chi connectivity index (χ0n) is 13.8. The lowest BCUT2D eigenvalue weighted by molar-refractivity contribution is -0.123. The second-order valence-corrected chi connectivity index (χ2v) is 5.89. The lowest BCUT2D eigenvalue weighted by Gasteiger charge is -2.25. The highest BCUT2D eigenvalue weighted by Crippen LogP contribution is 2.44. The first-order chi connectivity index (χ1) is 12.6. The molecule has 2 aromatic carbocycles. The molecular weight excluding hydrogens is 326 g/mol. The number of carbonyl (C=O) groups is 2. The maximum absolute atomic E-state index is 12.7. The van der Waals surface area contributed by atoms with Crippen LogP contribution in [0.5, 0.6) is 0 Å². The maximum Gasteiger partial charge on any atom is 0.241 e. The number of fused-ring (bicyclic) bond motifs is 1. The minimum absolute atomic E-state index is 0.282. The molecule has 0 spiro atoms. The fourth-order valence-electron chi connectivity index (χ4n) is 3.12. The number of ketones is 1. The van der Waals surface area contributed by atoms with Crippen molar-refractivity contribution in [1.29, 1.82) is 5.26 Å². The molecule has 26 heavy (non-hydrogen) atoms. The first kappa shape index (κ1) is 17.1. The molecule has 0 aromatic heterocycles. The molecule has 0 fully saturated rings. The number of allylic oxidation sites excluding steroid dienone is 1. The third-order valence-corrected chi connectivity index (χ3v) is 4.37. The van der Waals surface area contributed by atoms with Gasteiger partial charge < -0.3 is 10.7 Å². The summed E-state index contributed by atoms with van der Waals surface area (Å²) < 4.78 is 0. The number of hydrogen-bond acceptors (Lipinski definition) is 3. The highest BCUT2D eigenvalue weighted by molar-refractivity contribution is 6.14. The van der Waals surface area contributed by atoms with Crippen LogP contribution in [0.25, 0.3) is 11.5 Å². The number of carbonyl (C=O) groups excluding carboxylic acids is 2. The molecule has 1 unspecified atom stereocenters. The minimum atomic E-state index is -1.59. The van der Waals surface area contributed by atoms with Gasteiger partial charge in [-0.1, -0.05) is 54.6 Å². The molecule has 0 saturated heterocycles. The molecule has 0 bridgehead atoms. The Morgan fingerprint density at radius 3 is 2.54 bits per heavy atom. The van der Waals surface area contributed by atoms with Crippen LogP contribution >= 0.6 is 0 Å². The highest BCUT2D eigenvalue weighted by Gasteiger charge is 2.50. The molecule has 5 nitrogen and oxygen atoms in total. The number of anilines is 1. The monoisotopic (exact) mass is 340 g/mol. The van der Waals surface area contributed by atoms with Gasteiger partial charge in [-0.05, 0) is 23.3 Å². The largest absolute Gasteiger partial charge is 0.762 e. The van der Waals surface area contributed by atoms with Gasteiger partial charge in [0.05, 0.1) is 5.57 Å². The summed E-state index contributed by atoms with van der Waals surface area (Å²) in [5.41, 5.74) is -0.0414. The summed E-state index contributed by atoms with van der Waals surface area (Å²) in [5.74, 6) is 0.930. The van der Waals surface area contributed by atoms with Gasteiger partial charge in [-0.15, -0.1) is 0 Å². The zero-order chi connectivity index (χ0) is 18.6. The van der Waals surface area contributed by atoms with Crippen molar-refractivity contribution in [3.05, 3.63) is 82.8 Å². The average molecular weight is 340 g/mol. The van der Waals surface area contributed by atoms with Crippen molar-refractivity contribution in [2.24, 2.45) is 0 Å². The van der Waals surface area contributed by atoms with E-state index in [4.69, 9.17) is 0 Å². The molecule has 1 N–H and O–H groups in total. The van der Waals surface area contributed by atoms with Gasteiger partial charge in [0.1, 0.15) is 11.5 Å².